The van der Waals surface area contributed by atoms with Gasteiger partial charge in [0.15, 0.2) is 9.84 Å². The summed E-state index contributed by atoms with van der Waals surface area (Å²) in [7, 11) is -3.15. The number of carbonyl (C=O) groups excluding carboxylic acids is 1. The molecule has 0 aliphatic carbocycles. The highest BCUT2D eigenvalue weighted by Crippen LogP contribution is 2.12. The molecule has 17 heavy (non-hydrogen) atoms. The number of carbonyl (C=O) groups is 1. The maximum Gasteiger partial charge on any atom is 0.410 e. The Morgan fingerprint density at radius 3 is 2.53 bits per heavy atom. The molecule has 0 aromatic heterocycles. The van der Waals surface area contributed by atoms with Crippen LogP contribution in [-0.4, -0.2) is 55.6 Å². The average molecular weight is 264 g/mol. The molecule has 1 aliphatic heterocycles. The van der Waals surface area contributed by atoms with Crippen LogP contribution in [-0.2, 0) is 14.6 Å². The van der Waals surface area contributed by atoms with Gasteiger partial charge in [0.05, 0.1) is 11.5 Å². The van der Waals surface area contributed by atoms with Gasteiger partial charge in [0.25, 0.3) is 0 Å². The molecular formula is C10H20N2O4S. The number of ether oxygens (including phenoxy) is 1. The van der Waals surface area contributed by atoms with Gasteiger partial charge in [0, 0.05) is 19.1 Å². The van der Waals surface area contributed by atoms with Gasteiger partial charge < -0.3 is 15.4 Å². The minimum absolute atomic E-state index is 0.0556. The highest BCUT2D eigenvalue weighted by molar-refractivity contribution is 7.91. The fourth-order valence-corrected chi connectivity index (χ4v) is 3.00. The van der Waals surface area contributed by atoms with Crippen molar-refractivity contribution in [3.8, 4) is 0 Å². The molecule has 1 aliphatic rings. The molecule has 0 aromatic carbocycles. The van der Waals surface area contributed by atoms with Crippen molar-refractivity contribution in [3.05, 3.63) is 0 Å². The topological polar surface area (TPSA) is 89.7 Å². The molecule has 0 aromatic rings. The lowest BCUT2D eigenvalue weighted by Gasteiger charge is -2.27. The number of rotatable bonds is 0. The molecule has 1 saturated heterocycles. The fourth-order valence-electron chi connectivity index (χ4n) is 1.58. The van der Waals surface area contributed by atoms with Gasteiger partial charge in [-0.05, 0) is 20.8 Å². The SMILES string of the molecule is CC(C)(C)OC(=O)N1CCS(=O)(=O)CC(N)C1. The summed E-state index contributed by atoms with van der Waals surface area (Å²) in [5, 5.41) is 0. The van der Waals surface area contributed by atoms with E-state index in [0.29, 0.717) is 0 Å². The highest BCUT2D eigenvalue weighted by Gasteiger charge is 2.29. The van der Waals surface area contributed by atoms with Gasteiger partial charge in [0.1, 0.15) is 5.60 Å². The van der Waals surface area contributed by atoms with Gasteiger partial charge in [0.2, 0.25) is 0 Å². The number of hydrogen-bond donors (Lipinski definition) is 1. The highest BCUT2D eigenvalue weighted by atomic mass is 32.2. The third-order valence-electron chi connectivity index (χ3n) is 2.25. The lowest BCUT2D eigenvalue weighted by atomic mass is 10.2. The average Bonchev–Trinajstić information content (AvgIpc) is 2.20. The summed E-state index contributed by atoms with van der Waals surface area (Å²) in [5.74, 6) is -0.133. The molecule has 7 heteroatoms. The van der Waals surface area contributed by atoms with Crippen molar-refractivity contribution in [2.45, 2.75) is 32.4 Å². The maximum atomic E-state index is 11.8. The predicted molar refractivity (Wildman–Crippen MR) is 64.4 cm³/mol. The first kappa shape index (κ1) is 14.2. The third-order valence-corrected chi connectivity index (χ3v) is 3.99. The zero-order valence-electron chi connectivity index (χ0n) is 10.5. The van der Waals surface area contributed by atoms with E-state index in [1.165, 1.54) is 4.90 Å². The molecule has 6 nitrogen and oxygen atoms in total. The molecule has 0 saturated carbocycles. The Balaban J connectivity index is 2.70. The largest absolute Gasteiger partial charge is 0.444 e. The smallest absolute Gasteiger partial charge is 0.410 e. The normalized spacial score (nSPS) is 25.2. The van der Waals surface area contributed by atoms with Gasteiger partial charge in [-0.2, -0.15) is 0 Å². The quantitative estimate of drug-likeness (QED) is 0.664. The van der Waals surface area contributed by atoms with Gasteiger partial charge in [-0.3, -0.25) is 0 Å². The van der Waals surface area contributed by atoms with Crippen LogP contribution in [0.15, 0.2) is 0 Å². The number of sulfone groups is 1. The Kier molecular flexibility index (Phi) is 4.03. The summed E-state index contributed by atoms with van der Waals surface area (Å²) in [5.41, 5.74) is 5.08. The van der Waals surface area contributed by atoms with Crippen molar-refractivity contribution < 1.29 is 17.9 Å². The third kappa shape index (κ3) is 4.91. The summed E-state index contributed by atoms with van der Waals surface area (Å²) >= 11 is 0. The van der Waals surface area contributed by atoms with E-state index in [2.05, 4.69) is 0 Å². The lowest BCUT2D eigenvalue weighted by Crippen LogP contribution is -2.43. The van der Waals surface area contributed by atoms with Crippen molar-refractivity contribution in [1.29, 1.82) is 0 Å². The van der Waals surface area contributed by atoms with Crippen LogP contribution in [0.5, 0.6) is 0 Å². The minimum Gasteiger partial charge on any atom is -0.444 e. The molecule has 0 bridgehead atoms. The van der Waals surface area contributed by atoms with Gasteiger partial charge >= 0.3 is 6.09 Å². The Morgan fingerprint density at radius 2 is 2.00 bits per heavy atom. The number of nitrogens with zero attached hydrogens (tertiary/aromatic N) is 1. The summed E-state index contributed by atoms with van der Waals surface area (Å²) in [4.78, 5) is 13.1. The van der Waals surface area contributed by atoms with E-state index in [9.17, 15) is 13.2 Å². The van der Waals surface area contributed by atoms with Crippen molar-refractivity contribution >= 4 is 15.9 Å². The van der Waals surface area contributed by atoms with Crippen LogP contribution in [0.3, 0.4) is 0 Å². The first-order valence-corrected chi connectivity index (χ1v) is 7.35. The standard InChI is InChI=1S/C10H20N2O4S/c1-10(2,3)16-9(13)12-4-5-17(14,15)7-8(11)6-12/h8H,4-7,11H2,1-3H3. The van der Waals surface area contributed by atoms with Crippen LogP contribution >= 0.6 is 0 Å². The molecule has 1 rings (SSSR count). The molecule has 1 amide bonds. The van der Waals surface area contributed by atoms with E-state index in [0.717, 1.165) is 0 Å². The van der Waals surface area contributed by atoms with Crippen LogP contribution in [0, 0.1) is 0 Å². The molecule has 2 N–H and O–H groups in total. The predicted octanol–water partition coefficient (Wildman–Crippen LogP) is -0.0208. The van der Waals surface area contributed by atoms with Crippen LogP contribution in [0.1, 0.15) is 20.8 Å². The molecule has 1 unspecified atom stereocenters. The molecule has 0 radical (unpaired) electrons. The molecule has 100 valence electrons. The van der Waals surface area contributed by atoms with Crippen molar-refractivity contribution in [1.82, 2.24) is 4.90 Å². The van der Waals surface area contributed by atoms with Crippen LogP contribution in [0.4, 0.5) is 4.79 Å². The molecule has 1 atom stereocenters. The summed E-state index contributed by atoms with van der Waals surface area (Å²) in [6, 6.07) is -0.546. The second kappa shape index (κ2) is 4.81. The first-order valence-electron chi connectivity index (χ1n) is 5.53. The zero-order valence-corrected chi connectivity index (χ0v) is 11.3. The van der Waals surface area contributed by atoms with Crippen LogP contribution in [0.25, 0.3) is 0 Å². The van der Waals surface area contributed by atoms with Crippen molar-refractivity contribution in [3.63, 3.8) is 0 Å². The van der Waals surface area contributed by atoms with E-state index in [-0.39, 0.29) is 24.6 Å². The van der Waals surface area contributed by atoms with E-state index < -0.39 is 27.6 Å². The molecular weight excluding hydrogens is 244 g/mol. The molecule has 1 fully saturated rings. The maximum absolute atomic E-state index is 11.8. The Labute approximate surface area is 102 Å². The van der Waals surface area contributed by atoms with Crippen LogP contribution in [0.2, 0.25) is 0 Å². The van der Waals surface area contributed by atoms with Gasteiger partial charge in [-0.1, -0.05) is 0 Å². The van der Waals surface area contributed by atoms with Crippen molar-refractivity contribution in [2.75, 3.05) is 24.6 Å². The second-order valence-electron chi connectivity index (χ2n) is 5.30. The van der Waals surface area contributed by atoms with Gasteiger partial charge in [-0.15, -0.1) is 0 Å². The van der Waals surface area contributed by atoms with E-state index >= 15 is 0 Å². The molecule has 1 heterocycles. The van der Waals surface area contributed by atoms with Crippen LogP contribution < -0.4 is 5.73 Å². The Morgan fingerprint density at radius 1 is 1.41 bits per heavy atom. The van der Waals surface area contributed by atoms with Crippen molar-refractivity contribution in [2.24, 2.45) is 5.73 Å². The minimum atomic E-state index is -3.15. The fraction of sp³-hybridized carbons (Fsp3) is 0.900. The lowest BCUT2D eigenvalue weighted by molar-refractivity contribution is 0.0257. The first-order chi connectivity index (χ1) is 7.59. The zero-order chi connectivity index (χ0) is 13.3. The Bertz CT molecular complexity index is 386. The summed E-state index contributed by atoms with van der Waals surface area (Å²) in [6.45, 7) is 5.65. The summed E-state index contributed by atoms with van der Waals surface area (Å²) in [6.07, 6.45) is -0.509. The van der Waals surface area contributed by atoms with E-state index in [4.69, 9.17) is 10.5 Å². The van der Waals surface area contributed by atoms with E-state index in [1.54, 1.807) is 20.8 Å². The van der Waals surface area contributed by atoms with Gasteiger partial charge in [-0.25, -0.2) is 13.2 Å². The monoisotopic (exact) mass is 264 g/mol. The number of nitrogens with two attached hydrogens (primary N) is 1. The van der Waals surface area contributed by atoms with E-state index in [1.807, 2.05) is 0 Å². The summed E-state index contributed by atoms with van der Waals surface area (Å²) < 4.78 is 28.1. The second-order valence-corrected chi connectivity index (χ2v) is 7.53. The molecule has 0 spiro atoms. The Hall–Kier alpha value is -0.820. The number of hydrogen-bond acceptors (Lipinski definition) is 5. The number of amides is 1.